The molecule has 0 radical (unpaired) electrons. The first kappa shape index (κ1) is 17.6. The Balaban J connectivity index is 1.57. The molecule has 1 aromatic heterocycles. The van der Waals surface area contributed by atoms with Crippen LogP contribution in [0.2, 0.25) is 5.02 Å². The second-order valence-corrected chi connectivity index (χ2v) is 7.22. The molecule has 0 aliphatic rings. The predicted octanol–water partition coefficient (Wildman–Crippen LogP) is 4.96. The van der Waals surface area contributed by atoms with Crippen LogP contribution in [0.4, 0.5) is 0 Å². The maximum absolute atomic E-state index is 10.2. The number of aromatic nitrogens is 3. The molecule has 0 atom stereocenters. The van der Waals surface area contributed by atoms with Crippen LogP contribution in [-0.2, 0) is 5.75 Å². The van der Waals surface area contributed by atoms with Crippen molar-refractivity contribution < 1.29 is 5.11 Å². The van der Waals surface area contributed by atoms with Gasteiger partial charge in [-0.25, -0.2) is 0 Å². The van der Waals surface area contributed by atoms with Crippen LogP contribution in [0.5, 0.6) is 5.75 Å². The van der Waals surface area contributed by atoms with Gasteiger partial charge in [0.25, 0.3) is 0 Å². The van der Waals surface area contributed by atoms with E-state index in [9.17, 15) is 5.11 Å². The Morgan fingerprint density at radius 1 is 1.07 bits per heavy atom. The maximum atomic E-state index is 10.2. The fourth-order valence-corrected chi connectivity index (χ4v) is 3.61. The van der Waals surface area contributed by atoms with Crippen molar-refractivity contribution in [2.75, 3.05) is 0 Å². The van der Waals surface area contributed by atoms with Gasteiger partial charge in [-0.3, -0.25) is 0 Å². The summed E-state index contributed by atoms with van der Waals surface area (Å²) in [6.45, 7) is 0. The molecule has 0 saturated carbocycles. The topological polar surface area (TPSA) is 63.3 Å². The van der Waals surface area contributed by atoms with Crippen molar-refractivity contribution >= 4 is 40.3 Å². The van der Waals surface area contributed by atoms with Gasteiger partial charge >= 0.3 is 0 Å². The van der Waals surface area contributed by atoms with E-state index in [1.807, 2.05) is 54.6 Å². The summed E-state index contributed by atoms with van der Waals surface area (Å²) in [6, 6.07) is 19.1. The Labute approximate surface area is 165 Å². The van der Waals surface area contributed by atoms with Crippen molar-refractivity contribution in [3.63, 3.8) is 0 Å². The number of phenols is 1. The van der Waals surface area contributed by atoms with Crippen LogP contribution < -0.4 is 0 Å². The molecule has 0 bridgehead atoms. The molecule has 0 aliphatic heterocycles. The first-order valence-electron chi connectivity index (χ1n) is 8.23. The zero-order valence-electron chi connectivity index (χ0n) is 14.2. The van der Waals surface area contributed by atoms with Crippen molar-refractivity contribution in [2.24, 2.45) is 5.10 Å². The summed E-state index contributed by atoms with van der Waals surface area (Å²) < 4.78 is 1.60. The van der Waals surface area contributed by atoms with Crippen LogP contribution in [0.25, 0.3) is 10.8 Å². The average molecular weight is 395 g/mol. The van der Waals surface area contributed by atoms with Crippen molar-refractivity contribution in [3.05, 3.63) is 83.1 Å². The SMILES string of the molecule is Oc1ccc2ccccc2c1C=Nn1cnnc1SCc1ccc(Cl)cc1. The third-order valence-corrected chi connectivity index (χ3v) is 5.30. The molecule has 0 amide bonds. The highest BCUT2D eigenvalue weighted by Crippen LogP contribution is 2.26. The Hall–Kier alpha value is -2.83. The monoisotopic (exact) mass is 394 g/mol. The first-order valence-corrected chi connectivity index (χ1v) is 9.59. The van der Waals surface area contributed by atoms with Gasteiger partial charge in [-0.2, -0.15) is 9.78 Å². The summed E-state index contributed by atoms with van der Waals surface area (Å²) in [5.74, 6) is 0.908. The minimum absolute atomic E-state index is 0.181. The van der Waals surface area contributed by atoms with Gasteiger partial charge in [-0.05, 0) is 34.5 Å². The van der Waals surface area contributed by atoms with Gasteiger partial charge in [-0.15, -0.1) is 10.2 Å². The summed E-state index contributed by atoms with van der Waals surface area (Å²) in [5, 5.41) is 26.1. The van der Waals surface area contributed by atoms with Gasteiger partial charge in [0.1, 0.15) is 12.1 Å². The van der Waals surface area contributed by atoms with Gasteiger partial charge in [-0.1, -0.05) is 65.8 Å². The Bertz CT molecular complexity index is 1110. The average Bonchev–Trinajstić information content (AvgIpc) is 3.14. The quantitative estimate of drug-likeness (QED) is 0.383. The third-order valence-electron chi connectivity index (χ3n) is 4.04. The lowest BCUT2D eigenvalue weighted by Crippen LogP contribution is -1.94. The summed E-state index contributed by atoms with van der Waals surface area (Å²) >= 11 is 7.44. The summed E-state index contributed by atoms with van der Waals surface area (Å²) in [6.07, 6.45) is 3.18. The van der Waals surface area contributed by atoms with Gasteiger partial charge in [0.15, 0.2) is 0 Å². The molecule has 4 aromatic rings. The van der Waals surface area contributed by atoms with E-state index in [4.69, 9.17) is 11.6 Å². The highest BCUT2D eigenvalue weighted by Gasteiger charge is 2.07. The molecule has 27 heavy (non-hydrogen) atoms. The van der Waals surface area contributed by atoms with Crippen molar-refractivity contribution in [3.8, 4) is 5.75 Å². The van der Waals surface area contributed by atoms with Gasteiger partial charge < -0.3 is 5.11 Å². The van der Waals surface area contributed by atoms with E-state index < -0.39 is 0 Å². The molecule has 0 aliphatic carbocycles. The molecule has 1 heterocycles. The van der Waals surface area contributed by atoms with E-state index in [2.05, 4.69) is 15.3 Å². The van der Waals surface area contributed by atoms with Gasteiger partial charge in [0.05, 0.1) is 6.21 Å². The molecule has 0 fully saturated rings. The minimum Gasteiger partial charge on any atom is -0.507 e. The Morgan fingerprint density at radius 3 is 2.74 bits per heavy atom. The molecule has 0 saturated heterocycles. The fraction of sp³-hybridized carbons (Fsp3) is 0.0500. The van der Waals surface area contributed by atoms with Crippen molar-refractivity contribution in [1.29, 1.82) is 0 Å². The number of rotatable bonds is 5. The van der Waals surface area contributed by atoms with Crippen LogP contribution in [0.1, 0.15) is 11.1 Å². The van der Waals surface area contributed by atoms with Crippen LogP contribution >= 0.6 is 23.4 Å². The number of fused-ring (bicyclic) bond motifs is 1. The van der Waals surface area contributed by atoms with E-state index in [0.29, 0.717) is 15.7 Å². The number of benzene rings is 3. The fourth-order valence-electron chi connectivity index (χ4n) is 2.66. The third kappa shape index (κ3) is 3.97. The summed E-state index contributed by atoms with van der Waals surface area (Å²) in [4.78, 5) is 0. The highest BCUT2D eigenvalue weighted by molar-refractivity contribution is 7.98. The van der Waals surface area contributed by atoms with Crippen molar-refractivity contribution in [1.82, 2.24) is 14.9 Å². The van der Waals surface area contributed by atoms with Crippen LogP contribution in [0.3, 0.4) is 0 Å². The molecule has 0 spiro atoms. The smallest absolute Gasteiger partial charge is 0.212 e. The zero-order chi connectivity index (χ0) is 18.6. The number of thioether (sulfide) groups is 1. The van der Waals surface area contributed by atoms with E-state index in [1.54, 1.807) is 23.3 Å². The van der Waals surface area contributed by atoms with Crippen LogP contribution in [0, 0.1) is 0 Å². The highest BCUT2D eigenvalue weighted by atomic mass is 35.5. The Kier molecular flexibility index (Phi) is 5.09. The normalized spacial score (nSPS) is 11.4. The number of halogens is 1. The molecule has 4 rings (SSSR count). The zero-order valence-corrected chi connectivity index (χ0v) is 15.7. The molecule has 1 N–H and O–H groups in total. The molecule has 134 valence electrons. The second-order valence-electron chi connectivity index (χ2n) is 5.84. The van der Waals surface area contributed by atoms with Crippen LogP contribution in [-0.4, -0.2) is 26.2 Å². The van der Waals surface area contributed by atoms with E-state index in [1.165, 1.54) is 11.8 Å². The Morgan fingerprint density at radius 2 is 1.89 bits per heavy atom. The van der Waals surface area contributed by atoms with E-state index in [0.717, 1.165) is 22.1 Å². The first-order chi connectivity index (χ1) is 13.2. The number of nitrogens with zero attached hydrogens (tertiary/aromatic N) is 4. The maximum Gasteiger partial charge on any atom is 0.212 e. The molecule has 7 heteroatoms. The van der Waals surface area contributed by atoms with E-state index >= 15 is 0 Å². The van der Waals surface area contributed by atoms with Crippen LogP contribution in [0.15, 0.2) is 77.2 Å². The van der Waals surface area contributed by atoms with Crippen molar-refractivity contribution in [2.45, 2.75) is 10.9 Å². The largest absolute Gasteiger partial charge is 0.507 e. The lowest BCUT2D eigenvalue weighted by atomic mass is 10.0. The molecule has 0 unspecified atom stereocenters. The predicted molar refractivity (Wildman–Crippen MR) is 110 cm³/mol. The number of phenolic OH excluding ortho intramolecular Hbond substituents is 1. The number of hydrogen-bond acceptors (Lipinski definition) is 5. The molecular formula is C20H15ClN4OS. The second kappa shape index (κ2) is 7.82. The molecular weight excluding hydrogens is 380 g/mol. The van der Waals surface area contributed by atoms with Gasteiger partial charge in [0, 0.05) is 16.3 Å². The standard InChI is InChI=1S/C20H15ClN4OS/c21-16-8-5-14(6-9-16)12-27-20-24-22-13-25(20)23-11-18-17-4-2-1-3-15(17)7-10-19(18)26/h1-11,13,26H,12H2. The van der Waals surface area contributed by atoms with E-state index in [-0.39, 0.29) is 5.75 Å². The minimum atomic E-state index is 0.181. The molecule has 3 aromatic carbocycles. The van der Waals surface area contributed by atoms with Gasteiger partial charge in [0.2, 0.25) is 5.16 Å². The number of aromatic hydroxyl groups is 1. The summed E-state index contributed by atoms with van der Waals surface area (Å²) in [7, 11) is 0. The summed E-state index contributed by atoms with van der Waals surface area (Å²) in [5.41, 5.74) is 1.80. The lowest BCUT2D eigenvalue weighted by Gasteiger charge is -2.05. The number of hydrogen-bond donors (Lipinski definition) is 1. The lowest BCUT2D eigenvalue weighted by molar-refractivity contribution is 0.475. The molecule has 5 nitrogen and oxygen atoms in total.